The molecule has 0 saturated heterocycles. The van der Waals surface area contributed by atoms with Crippen molar-refractivity contribution in [3.8, 4) is 6.19 Å². The molecule has 5 nitrogen and oxygen atoms in total. The maximum Gasteiger partial charge on any atom is 0.183 e. The summed E-state index contributed by atoms with van der Waals surface area (Å²) in [6.07, 6.45) is 4.65. The molecule has 98 valence electrons. The van der Waals surface area contributed by atoms with E-state index in [4.69, 9.17) is 5.26 Å². The van der Waals surface area contributed by atoms with Crippen molar-refractivity contribution < 1.29 is 0 Å². The van der Waals surface area contributed by atoms with E-state index < -0.39 is 0 Å². The van der Waals surface area contributed by atoms with Crippen molar-refractivity contribution in [1.29, 1.82) is 5.26 Å². The number of aliphatic imine (C=N–C) groups is 1. The summed E-state index contributed by atoms with van der Waals surface area (Å²) < 4.78 is 2.09. The summed E-state index contributed by atoms with van der Waals surface area (Å²) in [7, 11) is 2.02. The van der Waals surface area contributed by atoms with Gasteiger partial charge in [0.25, 0.3) is 0 Å². The van der Waals surface area contributed by atoms with Gasteiger partial charge in [0.1, 0.15) is 5.82 Å². The summed E-state index contributed by atoms with van der Waals surface area (Å²) in [5.74, 6) is 1.05. The average Bonchev–Trinajstić information content (AvgIpc) is 2.74. The van der Waals surface area contributed by atoms with Gasteiger partial charge in [-0.1, -0.05) is 18.7 Å². The SMILES string of the molecule is CCc1nc2cc(N=C(NC#N)SC)ccc2n1C. The molecule has 0 aliphatic carbocycles. The van der Waals surface area contributed by atoms with Crippen LogP contribution in [-0.4, -0.2) is 21.0 Å². The number of hydrogen-bond donors (Lipinski definition) is 1. The van der Waals surface area contributed by atoms with Crippen molar-refractivity contribution >= 4 is 33.7 Å². The minimum atomic E-state index is 0.577. The van der Waals surface area contributed by atoms with Crippen LogP contribution in [0.1, 0.15) is 12.7 Å². The van der Waals surface area contributed by atoms with E-state index in [1.807, 2.05) is 37.7 Å². The highest BCUT2D eigenvalue weighted by atomic mass is 32.2. The number of nitriles is 1. The summed E-state index contributed by atoms with van der Waals surface area (Å²) in [4.78, 5) is 8.95. The summed E-state index contributed by atoms with van der Waals surface area (Å²) in [5.41, 5.74) is 2.81. The zero-order valence-corrected chi connectivity index (χ0v) is 12.0. The highest BCUT2D eigenvalue weighted by molar-refractivity contribution is 8.13. The van der Waals surface area contributed by atoms with Crippen molar-refractivity contribution in [2.45, 2.75) is 13.3 Å². The summed E-state index contributed by atoms with van der Waals surface area (Å²) in [5, 5.41) is 11.7. The van der Waals surface area contributed by atoms with Crippen LogP contribution in [0.4, 0.5) is 5.69 Å². The fourth-order valence-electron chi connectivity index (χ4n) is 1.91. The quantitative estimate of drug-likeness (QED) is 0.395. The number of thioether (sulfide) groups is 1. The lowest BCUT2D eigenvalue weighted by Gasteiger charge is -2.00. The van der Waals surface area contributed by atoms with Gasteiger partial charge in [0.15, 0.2) is 11.4 Å². The third-order valence-electron chi connectivity index (χ3n) is 2.86. The number of nitrogens with one attached hydrogen (secondary N) is 1. The predicted molar refractivity (Wildman–Crippen MR) is 79.5 cm³/mol. The molecule has 2 aromatic rings. The average molecular weight is 273 g/mol. The minimum Gasteiger partial charge on any atom is -0.331 e. The topological polar surface area (TPSA) is 66.0 Å². The maximum absolute atomic E-state index is 8.62. The fraction of sp³-hybridized carbons (Fsp3) is 0.308. The Morgan fingerprint density at radius 1 is 1.58 bits per heavy atom. The molecule has 6 heteroatoms. The van der Waals surface area contributed by atoms with Crippen LogP contribution >= 0.6 is 11.8 Å². The monoisotopic (exact) mass is 273 g/mol. The predicted octanol–water partition coefficient (Wildman–Crippen LogP) is 2.56. The molecule has 0 spiro atoms. The molecule has 0 aliphatic rings. The molecular weight excluding hydrogens is 258 g/mol. The van der Waals surface area contributed by atoms with Gasteiger partial charge in [-0.15, -0.1) is 0 Å². The van der Waals surface area contributed by atoms with Crippen molar-refractivity contribution in [2.24, 2.45) is 12.0 Å². The van der Waals surface area contributed by atoms with Crippen LogP contribution in [-0.2, 0) is 13.5 Å². The number of imidazole rings is 1. The Labute approximate surface area is 116 Å². The van der Waals surface area contributed by atoms with Crippen molar-refractivity contribution in [2.75, 3.05) is 6.26 Å². The highest BCUT2D eigenvalue weighted by Gasteiger charge is 2.06. The summed E-state index contributed by atoms with van der Waals surface area (Å²) >= 11 is 1.40. The molecule has 0 unspecified atom stereocenters. The van der Waals surface area contributed by atoms with Crippen molar-refractivity contribution in [3.63, 3.8) is 0 Å². The molecule has 2 rings (SSSR count). The van der Waals surface area contributed by atoms with Gasteiger partial charge >= 0.3 is 0 Å². The van der Waals surface area contributed by atoms with E-state index in [9.17, 15) is 0 Å². The van der Waals surface area contributed by atoms with Crippen LogP contribution in [0.3, 0.4) is 0 Å². The van der Waals surface area contributed by atoms with Gasteiger partial charge in [-0.2, -0.15) is 5.26 Å². The summed E-state index contributed by atoms with van der Waals surface area (Å²) in [6, 6.07) is 5.87. The van der Waals surface area contributed by atoms with Crippen LogP contribution in [0.25, 0.3) is 11.0 Å². The molecule has 0 radical (unpaired) electrons. The first-order chi connectivity index (χ1) is 9.19. The lowest BCUT2D eigenvalue weighted by molar-refractivity contribution is 0.829. The van der Waals surface area contributed by atoms with Gasteiger partial charge in [0.05, 0.1) is 16.7 Å². The molecule has 0 saturated carbocycles. The molecule has 0 atom stereocenters. The Balaban J connectivity index is 2.45. The largest absolute Gasteiger partial charge is 0.331 e. The minimum absolute atomic E-state index is 0.577. The summed E-state index contributed by atoms with van der Waals surface area (Å²) in [6.45, 7) is 2.09. The second-order valence-corrected chi connectivity index (χ2v) is 4.77. The standard InChI is InChI=1S/C13H15N5S/c1-4-12-17-10-7-9(5-6-11(10)18(12)2)16-13(19-3)15-8-14/h5-7H,4H2,1-3H3,(H,15,16). The lowest BCUT2D eigenvalue weighted by Crippen LogP contribution is -2.12. The lowest BCUT2D eigenvalue weighted by atomic mass is 10.3. The van der Waals surface area contributed by atoms with E-state index in [0.717, 1.165) is 29.0 Å². The molecule has 0 aliphatic heterocycles. The molecule has 1 heterocycles. The number of hydrogen-bond acceptors (Lipinski definition) is 4. The maximum atomic E-state index is 8.62. The number of fused-ring (bicyclic) bond motifs is 1. The van der Waals surface area contributed by atoms with Crippen LogP contribution < -0.4 is 5.32 Å². The normalized spacial score (nSPS) is 11.6. The third-order valence-corrected chi connectivity index (χ3v) is 3.44. The molecule has 0 bridgehead atoms. The third kappa shape index (κ3) is 2.71. The first-order valence-corrected chi connectivity index (χ1v) is 7.15. The molecule has 1 aromatic carbocycles. The van der Waals surface area contributed by atoms with Gasteiger partial charge in [0, 0.05) is 13.5 Å². The van der Waals surface area contributed by atoms with Gasteiger partial charge in [-0.25, -0.2) is 9.98 Å². The second kappa shape index (κ2) is 5.76. The van der Waals surface area contributed by atoms with Gasteiger partial charge in [-0.3, -0.25) is 5.32 Å². The fourth-order valence-corrected chi connectivity index (χ4v) is 2.26. The highest BCUT2D eigenvalue weighted by Crippen LogP contribution is 2.22. The van der Waals surface area contributed by atoms with E-state index >= 15 is 0 Å². The van der Waals surface area contributed by atoms with Crippen LogP contribution in [0, 0.1) is 11.5 Å². The van der Waals surface area contributed by atoms with Crippen LogP contribution in [0.2, 0.25) is 0 Å². The smallest absolute Gasteiger partial charge is 0.183 e. The van der Waals surface area contributed by atoms with Crippen LogP contribution in [0.15, 0.2) is 23.2 Å². The molecule has 0 fully saturated rings. The molecule has 0 amide bonds. The second-order valence-electron chi connectivity index (χ2n) is 3.97. The molecule has 1 aromatic heterocycles. The Morgan fingerprint density at radius 2 is 2.37 bits per heavy atom. The van der Waals surface area contributed by atoms with Gasteiger partial charge in [0.2, 0.25) is 0 Å². The molecule has 1 N–H and O–H groups in total. The Bertz CT molecular complexity index is 665. The van der Waals surface area contributed by atoms with Crippen LogP contribution in [0.5, 0.6) is 0 Å². The van der Waals surface area contributed by atoms with E-state index in [2.05, 4.69) is 26.8 Å². The molecule has 19 heavy (non-hydrogen) atoms. The van der Waals surface area contributed by atoms with E-state index in [0.29, 0.717) is 5.17 Å². The first kappa shape index (κ1) is 13.4. The first-order valence-electron chi connectivity index (χ1n) is 5.92. The van der Waals surface area contributed by atoms with E-state index in [1.54, 1.807) is 0 Å². The Hall–Kier alpha value is -2.00. The number of amidine groups is 1. The van der Waals surface area contributed by atoms with E-state index in [1.165, 1.54) is 11.8 Å². The number of aromatic nitrogens is 2. The van der Waals surface area contributed by atoms with Gasteiger partial charge < -0.3 is 4.57 Å². The zero-order valence-electron chi connectivity index (χ0n) is 11.1. The zero-order chi connectivity index (χ0) is 13.8. The number of benzene rings is 1. The number of rotatable bonds is 2. The number of aryl methyl sites for hydroxylation is 2. The van der Waals surface area contributed by atoms with E-state index in [-0.39, 0.29) is 0 Å². The Kier molecular flexibility index (Phi) is 4.07. The number of nitrogens with zero attached hydrogens (tertiary/aromatic N) is 4. The van der Waals surface area contributed by atoms with Gasteiger partial charge in [-0.05, 0) is 24.5 Å². The van der Waals surface area contributed by atoms with Crippen molar-refractivity contribution in [1.82, 2.24) is 14.9 Å². The van der Waals surface area contributed by atoms with Crippen molar-refractivity contribution in [3.05, 3.63) is 24.0 Å². The Morgan fingerprint density at radius 3 is 3.00 bits per heavy atom. The molecular formula is C13H15N5S.